The molecule has 1 aliphatic heterocycles. The molecule has 0 amide bonds. The average molecular weight is 505 g/mol. The summed E-state index contributed by atoms with van der Waals surface area (Å²) in [5, 5.41) is 0. The molecule has 200 valence electrons. The first-order chi connectivity index (χ1) is 17.8. The van der Waals surface area contributed by atoms with Crippen molar-refractivity contribution in [3.8, 4) is 11.5 Å². The second-order valence-corrected chi connectivity index (χ2v) is 8.28. The van der Waals surface area contributed by atoms with E-state index in [1.54, 1.807) is 0 Å². The Bertz CT molecular complexity index is 848. The number of fused-ring (bicyclic) bond motifs is 1. The van der Waals surface area contributed by atoms with Gasteiger partial charge in [0.05, 0.1) is 52.9 Å². The quantitative estimate of drug-likeness (QED) is 0.566. The molecule has 0 spiro atoms. The van der Waals surface area contributed by atoms with Crippen molar-refractivity contribution in [2.24, 2.45) is 5.92 Å². The van der Waals surface area contributed by atoms with Crippen LogP contribution in [0.25, 0.3) is 0 Å². The molecule has 8 nitrogen and oxygen atoms in total. The second kappa shape index (κ2) is 17.0. The Hall–Kier alpha value is -2.52. The van der Waals surface area contributed by atoms with Crippen LogP contribution in [0.4, 0.5) is 0 Å². The van der Waals surface area contributed by atoms with Crippen LogP contribution in [0.3, 0.4) is 0 Å². The van der Waals surface area contributed by atoms with Crippen molar-refractivity contribution in [2.45, 2.75) is 20.3 Å². The van der Waals surface area contributed by atoms with Crippen LogP contribution in [0.2, 0.25) is 0 Å². The predicted molar refractivity (Wildman–Crippen MR) is 136 cm³/mol. The number of allylic oxidation sites excluding steroid dienone is 4. The van der Waals surface area contributed by atoms with E-state index in [-0.39, 0.29) is 0 Å². The summed E-state index contributed by atoms with van der Waals surface area (Å²) in [6, 6.07) is 6.00. The minimum atomic E-state index is 0.303. The topological polar surface area (TPSA) is 73.8 Å². The molecular formula is C28H40O8. The van der Waals surface area contributed by atoms with Gasteiger partial charge in [0, 0.05) is 0 Å². The molecule has 0 aromatic heterocycles. The fourth-order valence-corrected chi connectivity index (χ4v) is 3.44. The summed E-state index contributed by atoms with van der Waals surface area (Å²) < 4.78 is 46.2. The Morgan fingerprint density at radius 1 is 0.583 bits per heavy atom. The molecule has 1 unspecified atom stereocenters. The van der Waals surface area contributed by atoms with Gasteiger partial charge in [-0.05, 0) is 42.2 Å². The van der Waals surface area contributed by atoms with Gasteiger partial charge in [-0.15, -0.1) is 0 Å². The second-order valence-electron chi connectivity index (χ2n) is 8.28. The molecule has 36 heavy (non-hydrogen) atoms. The lowest BCUT2D eigenvalue weighted by molar-refractivity contribution is 0.0127. The highest BCUT2D eigenvalue weighted by Crippen LogP contribution is 2.28. The third kappa shape index (κ3) is 10.6. The number of aryl methyl sites for hydroxylation is 1. The van der Waals surface area contributed by atoms with Crippen LogP contribution in [-0.2, 0) is 34.8 Å². The molecule has 0 fully saturated rings. The van der Waals surface area contributed by atoms with Gasteiger partial charge in [-0.2, -0.15) is 0 Å². The lowest BCUT2D eigenvalue weighted by atomic mass is 10.1. The fourth-order valence-electron chi connectivity index (χ4n) is 3.44. The van der Waals surface area contributed by atoms with Crippen LogP contribution in [0, 0.1) is 5.92 Å². The van der Waals surface area contributed by atoms with Gasteiger partial charge >= 0.3 is 0 Å². The number of ether oxygens (including phenoxy) is 8. The number of hydrogen-bond donors (Lipinski definition) is 0. The lowest BCUT2D eigenvalue weighted by Gasteiger charge is -2.15. The maximum atomic E-state index is 5.94. The van der Waals surface area contributed by atoms with Crippen molar-refractivity contribution in [3.05, 3.63) is 59.6 Å². The highest BCUT2D eigenvalue weighted by Gasteiger charge is 2.10. The van der Waals surface area contributed by atoms with Crippen molar-refractivity contribution in [1.82, 2.24) is 0 Å². The van der Waals surface area contributed by atoms with E-state index >= 15 is 0 Å². The smallest absolute Gasteiger partial charge is 0.161 e. The number of hydrogen-bond acceptors (Lipinski definition) is 8. The molecule has 1 aromatic carbocycles. The van der Waals surface area contributed by atoms with Gasteiger partial charge in [-0.1, -0.05) is 32.1 Å². The molecule has 1 aliphatic carbocycles. The van der Waals surface area contributed by atoms with Crippen LogP contribution >= 0.6 is 0 Å². The molecule has 0 bridgehead atoms. The van der Waals surface area contributed by atoms with Gasteiger partial charge in [0.2, 0.25) is 0 Å². The predicted octanol–water partition coefficient (Wildman–Crippen LogP) is 4.09. The summed E-state index contributed by atoms with van der Waals surface area (Å²) >= 11 is 0. The van der Waals surface area contributed by atoms with Gasteiger partial charge in [-0.25, -0.2) is 0 Å². The number of rotatable bonds is 1. The Morgan fingerprint density at radius 3 is 1.53 bits per heavy atom. The third-order valence-electron chi connectivity index (χ3n) is 5.45. The van der Waals surface area contributed by atoms with Crippen LogP contribution < -0.4 is 9.47 Å². The molecular weight excluding hydrogens is 464 g/mol. The van der Waals surface area contributed by atoms with Crippen molar-refractivity contribution >= 4 is 0 Å². The molecule has 2 aliphatic rings. The number of benzene rings is 1. The summed E-state index contributed by atoms with van der Waals surface area (Å²) in [5.74, 6) is 3.10. The standard InChI is InChI=1S/C28H40O8/c1-3-24-6-9-27-28(22-24)36-21-17-32-13-12-30-15-19-34-26-8-5-23(2)4-7-25(26)33-18-14-29-10-11-31-16-20-35-27/h4-9,22-23H,3,10-21H2,1-2H3. The Balaban J connectivity index is 1.50. The van der Waals surface area contributed by atoms with Crippen molar-refractivity contribution < 1.29 is 37.9 Å². The zero-order valence-electron chi connectivity index (χ0n) is 21.6. The normalized spacial score (nSPS) is 21.9. The van der Waals surface area contributed by atoms with Crippen molar-refractivity contribution in [3.63, 3.8) is 0 Å². The lowest BCUT2D eigenvalue weighted by Crippen LogP contribution is -2.15. The Labute approximate surface area is 214 Å². The molecule has 3 rings (SSSR count). The molecule has 0 N–H and O–H groups in total. The summed E-state index contributed by atoms with van der Waals surface area (Å²) in [4.78, 5) is 0. The van der Waals surface area contributed by atoms with E-state index in [2.05, 4.69) is 26.0 Å². The van der Waals surface area contributed by atoms with E-state index in [0.29, 0.717) is 102 Å². The summed E-state index contributed by atoms with van der Waals surface area (Å²) in [5.41, 5.74) is 1.19. The SMILES string of the molecule is CCc1ccc2c(c1)OCCOCCOCCOC1=C(C=CC(C)C=C1)OCCOCCOCCO2. The average Bonchev–Trinajstić information content (AvgIpc) is 3.07. The summed E-state index contributed by atoms with van der Waals surface area (Å²) in [7, 11) is 0. The molecule has 1 heterocycles. The van der Waals surface area contributed by atoms with E-state index in [1.165, 1.54) is 5.56 Å². The molecule has 0 saturated heterocycles. The molecule has 0 radical (unpaired) electrons. The van der Waals surface area contributed by atoms with Gasteiger partial charge in [-0.3, -0.25) is 0 Å². The van der Waals surface area contributed by atoms with Gasteiger partial charge < -0.3 is 37.9 Å². The fraction of sp³-hybridized carbons (Fsp3) is 0.571. The zero-order chi connectivity index (χ0) is 25.3. The van der Waals surface area contributed by atoms with Gasteiger partial charge in [0.25, 0.3) is 0 Å². The molecule has 0 saturated carbocycles. The minimum Gasteiger partial charge on any atom is -0.487 e. The maximum Gasteiger partial charge on any atom is 0.161 e. The largest absolute Gasteiger partial charge is 0.487 e. The third-order valence-corrected chi connectivity index (χ3v) is 5.45. The van der Waals surface area contributed by atoms with Gasteiger partial charge in [0.1, 0.15) is 26.4 Å². The van der Waals surface area contributed by atoms with E-state index in [4.69, 9.17) is 37.9 Å². The van der Waals surface area contributed by atoms with E-state index in [1.807, 2.05) is 30.4 Å². The summed E-state index contributed by atoms with van der Waals surface area (Å²) in [6.45, 7) is 9.67. The van der Waals surface area contributed by atoms with Crippen molar-refractivity contribution in [1.29, 1.82) is 0 Å². The first kappa shape index (κ1) is 28.1. The molecule has 1 atom stereocenters. The van der Waals surface area contributed by atoms with Crippen LogP contribution in [0.5, 0.6) is 11.5 Å². The van der Waals surface area contributed by atoms with E-state index in [0.717, 1.165) is 12.2 Å². The molecule has 1 aromatic rings. The zero-order valence-corrected chi connectivity index (χ0v) is 21.6. The highest BCUT2D eigenvalue weighted by atomic mass is 16.6. The Morgan fingerprint density at radius 2 is 1.03 bits per heavy atom. The highest BCUT2D eigenvalue weighted by molar-refractivity contribution is 5.43. The minimum absolute atomic E-state index is 0.303. The Kier molecular flexibility index (Phi) is 13.3. The van der Waals surface area contributed by atoms with Gasteiger partial charge in [0.15, 0.2) is 23.0 Å². The first-order valence-corrected chi connectivity index (χ1v) is 12.8. The maximum absolute atomic E-state index is 5.94. The van der Waals surface area contributed by atoms with Crippen LogP contribution in [-0.4, -0.2) is 79.3 Å². The van der Waals surface area contributed by atoms with Crippen molar-refractivity contribution in [2.75, 3.05) is 79.3 Å². The van der Waals surface area contributed by atoms with E-state index in [9.17, 15) is 0 Å². The van der Waals surface area contributed by atoms with Crippen LogP contribution in [0.15, 0.2) is 54.0 Å². The first-order valence-electron chi connectivity index (χ1n) is 12.8. The van der Waals surface area contributed by atoms with E-state index < -0.39 is 0 Å². The molecule has 8 heteroatoms. The van der Waals surface area contributed by atoms with Crippen LogP contribution in [0.1, 0.15) is 19.4 Å². The monoisotopic (exact) mass is 504 g/mol. The summed E-state index contributed by atoms with van der Waals surface area (Å²) in [6.07, 6.45) is 8.98.